The fraction of sp³-hybridized carbons (Fsp3) is 0.474. The second-order valence-corrected chi connectivity index (χ2v) is 7.09. The third-order valence-corrected chi connectivity index (χ3v) is 3.78. The van der Waals surface area contributed by atoms with E-state index in [1.54, 1.807) is 4.90 Å². The molecule has 1 amide bonds. The Morgan fingerprint density at radius 2 is 2.19 bits per heavy atom. The lowest BCUT2D eigenvalue weighted by Gasteiger charge is -2.31. The normalized spacial score (nSPS) is 15.0. The molecule has 2 N–H and O–H groups in total. The second kappa shape index (κ2) is 8.60. The Morgan fingerprint density at radius 1 is 1.42 bits per heavy atom. The molecule has 0 unspecified atom stereocenters. The van der Waals surface area contributed by atoms with E-state index in [1.807, 2.05) is 32.9 Å². The summed E-state index contributed by atoms with van der Waals surface area (Å²) in [6, 6.07) is 3.96. The molecule has 0 aliphatic carbocycles. The Hall–Kier alpha value is -2.70. The van der Waals surface area contributed by atoms with Gasteiger partial charge in [-0.1, -0.05) is 6.07 Å². The molecule has 0 bridgehead atoms. The largest absolute Gasteiger partial charge is 0.443 e. The molecule has 0 saturated carbocycles. The fourth-order valence-electron chi connectivity index (χ4n) is 2.57. The summed E-state index contributed by atoms with van der Waals surface area (Å²) in [4.78, 5) is 33.6. The summed E-state index contributed by atoms with van der Waals surface area (Å²) < 4.78 is 5.50. The van der Waals surface area contributed by atoms with Crippen molar-refractivity contribution in [3.05, 3.63) is 35.2 Å². The maximum absolute atomic E-state index is 12.5. The van der Waals surface area contributed by atoms with E-state index in [0.29, 0.717) is 37.2 Å². The molecule has 2 rings (SSSR count). The number of hydrogen-bond donors (Lipinski definition) is 1. The van der Waals surface area contributed by atoms with Crippen LogP contribution >= 0.6 is 0 Å². The number of aldehydes is 1. The number of pyridine rings is 1. The molecule has 1 aliphatic rings. The first kappa shape index (κ1) is 19.6. The van der Waals surface area contributed by atoms with Crippen LogP contribution in [0.25, 0.3) is 0 Å². The summed E-state index contributed by atoms with van der Waals surface area (Å²) >= 11 is 0. The Kier molecular flexibility index (Phi) is 6.49. The number of aliphatic imine (C=N–C) groups is 1. The average molecular weight is 358 g/mol. The standard InChI is InChI=1S/C19H26N4O3/c1-19(2,3)26-18(25)23-10-4-5-15-6-7-16(22-17(15)23)8-9-21-12-14(11-20)13-24/h6-7,11-13H,4-5,8-10,20H2,1-3H3. The molecular formula is C19H26N4O3. The third-order valence-electron chi connectivity index (χ3n) is 3.78. The lowest BCUT2D eigenvalue weighted by molar-refractivity contribution is -0.104. The van der Waals surface area contributed by atoms with E-state index in [1.165, 1.54) is 12.4 Å². The topological polar surface area (TPSA) is 97.9 Å². The molecule has 2 heterocycles. The lowest BCUT2D eigenvalue weighted by atomic mass is 10.1. The molecule has 7 heteroatoms. The predicted octanol–water partition coefficient (Wildman–Crippen LogP) is 2.42. The summed E-state index contributed by atoms with van der Waals surface area (Å²) in [6.07, 6.45) is 5.32. The monoisotopic (exact) mass is 358 g/mol. The van der Waals surface area contributed by atoms with Crippen LogP contribution in [-0.2, 0) is 22.4 Å². The van der Waals surface area contributed by atoms with E-state index < -0.39 is 5.60 Å². The first-order valence-corrected chi connectivity index (χ1v) is 8.70. The molecular weight excluding hydrogens is 332 g/mol. The zero-order valence-electron chi connectivity index (χ0n) is 15.6. The van der Waals surface area contributed by atoms with Crippen LogP contribution in [0.2, 0.25) is 0 Å². The van der Waals surface area contributed by atoms with Crippen LogP contribution in [0.5, 0.6) is 0 Å². The second-order valence-electron chi connectivity index (χ2n) is 7.09. The summed E-state index contributed by atoms with van der Waals surface area (Å²) in [5.74, 6) is 0.669. The van der Waals surface area contributed by atoms with E-state index in [0.717, 1.165) is 24.1 Å². The number of nitrogens with zero attached hydrogens (tertiary/aromatic N) is 3. The van der Waals surface area contributed by atoms with Crippen LogP contribution in [0.4, 0.5) is 10.6 Å². The quantitative estimate of drug-likeness (QED) is 0.495. The molecule has 140 valence electrons. The van der Waals surface area contributed by atoms with Crippen molar-refractivity contribution < 1.29 is 14.3 Å². The number of aromatic nitrogens is 1. The Balaban J connectivity index is 2.10. The molecule has 0 spiro atoms. The first-order valence-electron chi connectivity index (χ1n) is 8.70. The Labute approximate surface area is 153 Å². The van der Waals surface area contributed by atoms with Gasteiger partial charge in [-0.05, 0) is 45.2 Å². The Morgan fingerprint density at radius 3 is 2.85 bits per heavy atom. The molecule has 1 aromatic rings. The van der Waals surface area contributed by atoms with Gasteiger partial charge in [-0.2, -0.15) is 0 Å². The predicted molar refractivity (Wildman–Crippen MR) is 102 cm³/mol. The SMILES string of the molecule is CC(C)(C)OC(=O)N1CCCc2ccc(CCN=CC(C=O)=CN)nc21. The Bertz CT molecular complexity index is 720. The maximum Gasteiger partial charge on any atom is 0.416 e. The van der Waals surface area contributed by atoms with E-state index in [4.69, 9.17) is 10.5 Å². The number of ether oxygens (including phenoxy) is 1. The van der Waals surface area contributed by atoms with Gasteiger partial charge in [0.05, 0.1) is 0 Å². The molecule has 26 heavy (non-hydrogen) atoms. The van der Waals surface area contributed by atoms with E-state index in [2.05, 4.69) is 9.98 Å². The van der Waals surface area contributed by atoms with Crippen LogP contribution in [0.3, 0.4) is 0 Å². The van der Waals surface area contributed by atoms with Gasteiger partial charge in [0.1, 0.15) is 11.4 Å². The number of hydrogen-bond acceptors (Lipinski definition) is 6. The first-order chi connectivity index (χ1) is 12.3. The number of fused-ring (bicyclic) bond motifs is 1. The van der Waals surface area contributed by atoms with Crippen molar-refractivity contribution in [2.45, 2.75) is 45.6 Å². The molecule has 1 aliphatic heterocycles. The van der Waals surface area contributed by atoms with Gasteiger partial charge in [0.2, 0.25) is 0 Å². The van der Waals surface area contributed by atoms with Gasteiger partial charge in [-0.3, -0.25) is 14.7 Å². The summed E-state index contributed by atoms with van der Waals surface area (Å²) in [5.41, 5.74) is 6.96. The molecule has 7 nitrogen and oxygen atoms in total. The van der Waals surface area contributed by atoms with Crippen LogP contribution in [0.15, 0.2) is 28.9 Å². The summed E-state index contributed by atoms with van der Waals surface area (Å²) in [6.45, 7) is 6.62. The molecule has 0 aromatic carbocycles. The van der Waals surface area contributed by atoms with E-state index in [-0.39, 0.29) is 6.09 Å². The van der Waals surface area contributed by atoms with Gasteiger partial charge in [0.25, 0.3) is 0 Å². The van der Waals surface area contributed by atoms with Gasteiger partial charge in [-0.25, -0.2) is 9.78 Å². The van der Waals surface area contributed by atoms with Crippen molar-refractivity contribution in [3.8, 4) is 0 Å². The van der Waals surface area contributed by atoms with Crippen LogP contribution in [-0.4, -0.2) is 42.3 Å². The highest BCUT2D eigenvalue weighted by Crippen LogP contribution is 2.27. The van der Waals surface area contributed by atoms with E-state index >= 15 is 0 Å². The number of anilines is 1. The highest BCUT2D eigenvalue weighted by atomic mass is 16.6. The van der Waals surface area contributed by atoms with Crippen LogP contribution in [0.1, 0.15) is 38.4 Å². The molecule has 0 radical (unpaired) electrons. The highest BCUT2D eigenvalue weighted by Gasteiger charge is 2.28. The average Bonchev–Trinajstić information content (AvgIpc) is 2.59. The fourth-order valence-corrected chi connectivity index (χ4v) is 2.57. The number of nitrogens with two attached hydrogens (primary N) is 1. The molecule has 0 saturated heterocycles. The van der Waals surface area contributed by atoms with Crippen molar-refractivity contribution in [3.63, 3.8) is 0 Å². The minimum absolute atomic E-state index is 0.333. The zero-order valence-corrected chi connectivity index (χ0v) is 15.6. The number of allylic oxidation sites excluding steroid dienone is 1. The number of rotatable bonds is 5. The van der Waals surface area contributed by atoms with Crippen molar-refractivity contribution >= 4 is 24.4 Å². The van der Waals surface area contributed by atoms with Crippen molar-refractivity contribution in [1.29, 1.82) is 0 Å². The van der Waals surface area contributed by atoms with Crippen LogP contribution < -0.4 is 10.6 Å². The van der Waals surface area contributed by atoms with Gasteiger partial charge in [0.15, 0.2) is 6.29 Å². The number of carbonyl (C=O) groups excluding carboxylic acids is 2. The smallest absolute Gasteiger partial charge is 0.416 e. The summed E-state index contributed by atoms with van der Waals surface area (Å²) in [5, 5.41) is 0. The van der Waals surface area contributed by atoms with Gasteiger partial charge in [-0.15, -0.1) is 0 Å². The number of carbonyl (C=O) groups is 2. The minimum atomic E-state index is -0.548. The van der Waals surface area contributed by atoms with Crippen molar-refractivity contribution in [1.82, 2.24) is 4.98 Å². The van der Waals surface area contributed by atoms with Crippen molar-refractivity contribution in [2.75, 3.05) is 18.0 Å². The number of aryl methyl sites for hydroxylation is 1. The van der Waals surface area contributed by atoms with Gasteiger partial charge < -0.3 is 10.5 Å². The van der Waals surface area contributed by atoms with Crippen molar-refractivity contribution in [2.24, 2.45) is 10.7 Å². The maximum atomic E-state index is 12.5. The molecule has 0 atom stereocenters. The van der Waals surface area contributed by atoms with E-state index in [9.17, 15) is 9.59 Å². The van der Waals surface area contributed by atoms with Gasteiger partial charge >= 0.3 is 6.09 Å². The molecule has 0 fully saturated rings. The lowest BCUT2D eigenvalue weighted by Crippen LogP contribution is -2.40. The van der Waals surface area contributed by atoms with Gasteiger partial charge in [0, 0.05) is 43.2 Å². The minimum Gasteiger partial charge on any atom is -0.443 e. The number of amides is 1. The van der Waals surface area contributed by atoms with Crippen LogP contribution in [0, 0.1) is 0 Å². The summed E-state index contributed by atoms with van der Waals surface area (Å²) in [7, 11) is 0. The highest BCUT2D eigenvalue weighted by molar-refractivity contribution is 6.01. The zero-order chi connectivity index (χ0) is 19.2. The molecule has 1 aromatic heterocycles. The third kappa shape index (κ3) is 5.40.